The summed E-state index contributed by atoms with van der Waals surface area (Å²) >= 11 is 0. The summed E-state index contributed by atoms with van der Waals surface area (Å²) in [5.41, 5.74) is 6.90. The molecule has 0 aromatic carbocycles. The molecule has 2 unspecified atom stereocenters. The quantitative estimate of drug-likeness (QED) is 0.784. The van der Waals surface area contributed by atoms with Gasteiger partial charge in [-0.2, -0.15) is 0 Å². The van der Waals surface area contributed by atoms with E-state index in [9.17, 15) is 0 Å². The third-order valence-electron chi connectivity index (χ3n) is 3.38. The second-order valence-electron chi connectivity index (χ2n) is 5.38. The predicted molar refractivity (Wildman–Crippen MR) is 81.4 cm³/mol. The Balaban J connectivity index is 2.78. The maximum Gasteiger partial charge on any atom is 0.225 e. The first-order valence-electron chi connectivity index (χ1n) is 7.41. The van der Waals surface area contributed by atoms with Crippen molar-refractivity contribution in [1.82, 2.24) is 9.97 Å². The molecule has 0 aliphatic heterocycles. The lowest BCUT2D eigenvalue weighted by Gasteiger charge is -2.28. The van der Waals surface area contributed by atoms with Gasteiger partial charge in [-0.1, -0.05) is 20.3 Å². The van der Waals surface area contributed by atoms with Crippen LogP contribution in [0, 0.1) is 0 Å². The van der Waals surface area contributed by atoms with Crippen LogP contribution in [0.3, 0.4) is 0 Å². The summed E-state index contributed by atoms with van der Waals surface area (Å²) in [5.74, 6) is 0.844. The summed E-state index contributed by atoms with van der Waals surface area (Å²) in [4.78, 5) is 11.3. The number of hydrogen-bond donors (Lipinski definition) is 1. The summed E-state index contributed by atoms with van der Waals surface area (Å²) in [6.45, 7) is 9.67. The zero-order valence-corrected chi connectivity index (χ0v) is 12.8. The van der Waals surface area contributed by atoms with Gasteiger partial charge in [0.15, 0.2) is 0 Å². The molecule has 4 heteroatoms. The average molecular weight is 264 g/mol. The summed E-state index contributed by atoms with van der Waals surface area (Å²) in [5, 5.41) is 0. The van der Waals surface area contributed by atoms with Crippen molar-refractivity contribution in [2.24, 2.45) is 5.73 Å². The van der Waals surface area contributed by atoms with Crippen molar-refractivity contribution in [3.63, 3.8) is 0 Å². The Kier molecular flexibility index (Phi) is 6.78. The first kappa shape index (κ1) is 15.9. The Bertz CT molecular complexity index is 348. The van der Waals surface area contributed by atoms with Gasteiger partial charge in [-0.25, -0.2) is 9.97 Å². The number of aromatic nitrogens is 2. The molecule has 0 radical (unpaired) electrons. The second kappa shape index (κ2) is 8.10. The van der Waals surface area contributed by atoms with E-state index in [0.29, 0.717) is 6.04 Å². The van der Waals surface area contributed by atoms with Crippen molar-refractivity contribution in [2.45, 2.75) is 65.5 Å². The zero-order chi connectivity index (χ0) is 14.3. The van der Waals surface area contributed by atoms with Crippen LogP contribution in [0.15, 0.2) is 12.4 Å². The molecule has 0 saturated heterocycles. The number of nitrogens with two attached hydrogens (primary N) is 1. The van der Waals surface area contributed by atoms with E-state index in [1.54, 1.807) is 0 Å². The Morgan fingerprint density at radius 1 is 1.21 bits per heavy atom. The molecule has 0 amide bonds. The predicted octanol–water partition coefficient (Wildman–Crippen LogP) is 2.77. The first-order chi connectivity index (χ1) is 9.08. The third kappa shape index (κ3) is 5.15. The Morgan fingerprint density at radius 2 is 1.84 bits per heavy atom. The molecule has 4 nitrogen and oxygen atoms in total. The zero-order valence-electron chi connectivity index (χ0n) is 12.8. The van der Waals surface area contributed by atoms with E-state index < -0.39 is 0 Å². The molecule has 0 fully saturated rings. The van der Waals surface area contributed by atoms with E-state index in [4.69, 9.17) is 5.73 Å². The van der Waals surface area contributed by atoms with E-state index in [1.165, 1.54) is 12.8 Å². The lowest BCUT2D eigenvalue weighted by atomic mass is 10.1. The molecule has 1 rings (SSSR count). The normalized spacial score (nSPS) is 14.2. The van der Waals surface area contributed by atoms with Gasteiger partial charge in [0.25, 0.3) is 0 Å². The van der Waals surface area contributed by atoms with E-state index in [1.807, 2.05) is 19.3 Å². The molecule has 2 N–H and O–H groups in total. The maximum absolute atomic E-state index is 5.79. The molecule has 0 aliphatic carbocycles. The standard InChI is InChI=1S/C15H28N4/c1-5-7-8-19(13(4)6-2)15-17-10-14(11-18-15)9-12(3)16/h10-13H,5-9,16H2,1-4H3. The summed E-state index contributed by atoms with van der Waals surface area (Å²) in [6.07, 6.45) is 8.12. The highest BCUT2D eigenvalue weighted by molar-refractivity contribution is 5.31. The lowest BCUT2D eigenvalue weighted by molar-refractivity contribution is 0.581. The van der Waals surface area contributed by atoms with E-state index in [0.717, 1.165) is 30.9 Å². The van der Waals surface area contributed by atoms with E-state index >= 15 is 0 Å². The molecule has 0 bridgehead atoms. The van der Waals surface area contributed by atoms with Gasteiger partial charge in [0.2, 0.25) is 5.95 Å². The highest BCUT2D eigenvalue weighted by Gasteiger charge is 2.15. The van der Waals surface area contributed by atoms with Crippen molar-refractivity contribution < 1.29 is 0 Å². The van der Waals surface area contributed by atoms with Gasteiger partial charge in [0.05, 0.1) is 0 Å². The number of rotatable bonds is 8. The smallest absolute Gasteiger partial charge is 0.225 e. The van der Waals surface area contributed by atoms with Gasteiger partial charge in [-0.3, -0.25) is 0 Å². The fraction of sp³-hybridized carbons (Fsp3) is 0.733. The molecule has 0 spiro atoms. The minimum absolute atomic E-state index is 0.153. The average Bonchev–Trinajstić information content (AvgIpc) is 2.40. The van der Waals surface area contributed by atoms with Crippen LogP contribution in [0.1, 0.15) is 52.5 Å². The van der Waals surface area contributed by atoms with Crippen LogP contribution in [0.4, 0.5) is 5.95 Å². The van der Waals surface area contributed by atoms with Gasteiger partial charge in [0.1, 0.15) is 0 Å². The molecule has 0 saturated carbocycles. The molecular formula is C15H28N4. The van der Waals surface area contributed by atoms with Crippen LogP contribution in [0.5, 0.6) is 0 Å². The van der Waals surface area contributed by atoms with Crippen LogP contribution in [0.2, 0.25) is 0 Å². The van der Waals surface area contributed by atoms with Gasteiger partial charge >= 0.3 is 0 Å². The highest BCUT2D eigenvalue weighted by atomic mass is 15.3. The van der Waals surface area contributed by atoms with Crippen LogP contribution < -0.4 is 10.6 Å². The largest absolute Gasteiger partial charge is 0.338 e. The Labute approximate surface area is 117 Å². The maximum atomic E-state index is 5.79. The number of hydrogen-bond acceptors (Lipinski definition) is 4. The number of anilines is 1. The van der Waals surface area contributed by atoms with Crippen LogP contribution in [-0.2, 0) is 6.42 Å². The van der Waals surface area contributed by atoms with Crippen molar-refractivity contribution in [3.05, 3.63) is 18.0 Å². The topological polar surface area (TPSA) is 55.0 Å². The molecule has 108 valence electrons. The minimum Gasteiger partial charge on any atom is -0.338 e. The van der Waals surface area contributed by atoms with Crippen molar-refractivity contribution in [3.8, 4) is 0 Å². The molecular weight excluding hydrogens is 236 g/mol. The van der Waals surface area contributed by atoms with Crippen LogP contribution in [0.25, 0.3) is 0 Å². The second-order valence-corrected chi connectivity index (χ2v) is 5.38. The van der Waals surface area contributed by atoms with Gasteiger partial charge in [-0.05, 0) is 38.7 Å². The molecule has 1 aromatic heterocycles. The molecule has 19 heavy (non-hydrogen) atoms. The summed E-state index contributed by atoms with van der Waals surface area (Å²) in [6, 6.07) is 0.631. The van der Waals surface area contributed by atoms with Crippen molar-refractivity contribution >= 4 is 5.95 Å². The minimum atomic E-state index is 0.153. The van der Waals surface area contributed by atoms with Gasteiger partial charge in [-0.15, -0.1) is 0 Å². The molecule has 1 aromatic rings. The van der Waals surface area contributed by atoms with Crippen molar-refractivity contribution in [2.75, 3.05) is 11.4 Å². The Hall–Kier alpha value is -1.16. The SMILES string of the molecule is CCCCN(c1ncc(CC(C)N)cn1)C(C)CC. The fourth-order valence-corrected chi connectivity index (χ4v) is 2.04. The molecule has 2 atom stereocenters. The lowest BCUT2D eigenvalue weighted by Crippen LogP contribution is -2.35. The number of nitrogens with zero attached hydrogens (tertiary/aromatic N) is 3. The van der Waals surface area contributed by atoms with E-state index in [2.05, 4.69) is 35.6 Å². The molecule has 1 heterocycles. The third-order valence-corrected chi connectivity index (χ3v) is 3.38. The monoisotopic (exact) mass is 264 g/mol. The van der Waals surface area contributed by atoms with Crippen molar-refractivity contribution in [1.29, 1.82) is 0 Å². The van der Waals surface area contributed by atoms with Crippen LogP contribution >= 0.6 is 0 Å². The van der Waals surface area contributed by atoms with Crippen LogP contribution in [-0.4, -0.2) is 28.6 Å². The Morgan fingerprint density at radius 3 is 2.32 bits per heavy atom. The summed E-state index contributed by atoms with van der Waals surface area (Å²) < 4.78 is 0. The fourth-order valence-electron chi connectivity index (χ4n) is 2.04. The molecule has 0 aliphatic rings. The highest BCUT2D eigenvalue weighted by Crippen LogP contribution is 2.14. The van der Waals surface area contributed by atoms with E-state index in [-0.39, 0.29) is 6.04 Å². The van der Waals surface area contributed by atoms with Gasteiger partial charge < -0.3 is 10.6 Å². The number of unbranched alkanes of at least 4 members (excludes halogenated alkanes) is 1. The van der Waals surface area contributed by atoms with Gasteiger partial charge in [0, 0.05) is 31.0 Å². The summed E-state index contributed by atoms with van der Waals surface area (Å²) in [7, 11) is 0. The first-order valence-corrected chi connectivity index (χ1v) is 7.41.